The third-order valence-electron chi connectivity index (χ3n) is 5.24. The van der Waals surface area contributed by atoms with E-state index in [0.29, 0.717) is 5.69 Å². The summed E-state index contributed by atoms with van der Waals surface area (Å²) in [4.78, 5) is 83.0. The lowest BCUT2D eigenvalue weighted by Crippen LogP contribution is -2.57. The van der Waals surface area contributed by atoms with Crippen LogP contribution in [-0.4, -0.2) is 87.3 Å². The minimum Gasteiger partial charge on any atom is -0.480 e. The Balaban J connectivity index is 3.05. The second kappa shape index (κ2) is 16.2. The lowest BCUT2D eigenvalue weighted by molar-refractivity contribution is -0.144. The van der Waals surface area contributed by atoms with Crippen molar-refractivity contribution in [1.82, 2.24) is 25.9 Å². The van der Waals surface area contributed by atoms with E-state index in [4.69, 9.17) is 28.7 Å². The molecule has 216 valence electrons. The second-order valence-electron chi connectivity index (χ2n) is 8.53. The number of aliphatic imine (C=N–C) groups is 1. The molecule has 1 aromatic rings. The number of carbonyl (C=O) groups excluding carboxylic acids is 5. The number of nitrogens with zero attached hydrogens (tertiary/aromatic N) is 2. The number of amides is 5. The van der Waals surface area contributed by atoms with Crippen molar-refractivity contribution in [2.24, 2.45) is 33.7 Å². The maximum atomic E-state index is 13.1. The van der Waals surface area contributed by atoms with E-state index in [1.807, 2.05) is 0 Å². The molecule has 39 heavy (non-hydrogen) atoms. The second-order valence-corrected chi connectivity index (χ2v) is 8.53. The number of imidazole rings is 1. The van der Waals surface area contributed by atoms with Crippen LogP contribution in [-0.2, 0) is 35.2 Å². The summed E-state index contributed by atoms with van der Waals surface area (Å²) in [5, 5.41) is 16.3. The zero-order valence-electron chi connectivity index (χ0n) is 21.1. The molecule has 0 bridgehead atoms. The highest BCUT2D eigenvalue weighted by Gasteiger charge is 2.31. The van der Waals surface area contributed by atoms with E-state index in [-0.39, 0.29) is 44.6 Å². The van der Waals surface area contributed by atoms with Crippen molar-refractivity contribution < 1.29 is 33.9 Å². The molecule has 4 unspecified atom stereocenters. The van der Waals surface area contributed by atoms with Gasteiger partial charge in [-0.1, -0.05) is 0 Å². The molecule has 0 aliphatic rings. The van der Waals surface area contributed by atoms with E-state index < -0.39 is 66.1 Å². The van der Waals surface area contributed by atoms with Crippen LogP contribution < -0.4 is 44.6 Å². The van der Waals surface area contributed by atoms with Gasteiger partial charge in [0.2, 0.25) is 29.5 Å². The minimum absolute atomic E-state index is 0.0225. The normalized spacial score (nSPS) is 13.7. The van der Waals surface area contributed by atoms with E-state index in [9.17, 15) is 33.9 Å². The largest absolute Gasteiger partial charge is 0.480 e. The number of carboxylic acid groups (broad SMARTS) is 1. The van der Waals surface area contributed by atoms with E-state index in [2.05, 4.69) is 30.9 Å². The van der Waals surface area contributed by atoms with Gasteiger partial charge in [0.25, 0.3) is 0 Å². The van der Waals surface area contributed by atoms with Crippen molar-refractivity contribution in [3.05, 3.63) is 18.2 Å². The molecule has 0 aliphatic heterocycles. The zero-order valence-corrected chi connectivity index (χ0v) is 21.1. The fourth-order valence-electron chi connectivity index (χ4n) is 3.28. The van der Waals surface area contributed by atoms with Gasteiger partial charge in [0, 0.05) is 31.3 Å². The van der Waals surface area contributed by atoms with Gasteiger partial charge < -0.3 is 54.7 Å². The Bertz CT molecular complexity index is 1040. The highest BCUT2D eigenvalue weighted by atomic mass is 16.4. The predicted octanol–water partition coefficient (Wildman–Crippen LogP) is -4.99. The first-order valence-corrected chi connectivity index (χ1v) is 11.8. The number of nitrogens with two attached hydrogens (primary N) is 5. The topological polar surface area (TPSA) is 330 Å². The van der Waals surface area contributed by atoms with Crippen LogP contribution in [0.5, 0.6) is 0 Å². The molecule has 1 heterocycles. The number of hydrogen-bond acceptors (Lipinski definition) is 9. The van der Waals surface area contributed by atoms with Crippen LogP contribution in [0.15, 0.2) is 17.5 Å². The smallest absolute Gasteiger partial charge is 0.326 e. The number of primary amides is 2. The first-order chi connectivity index (χ1) is 18.3. The third-order valence-corrected chi connectivity index (χ3v) is 5.24. The van der Waals surface area contributed by atoms with Crippen molar-refractivity contribution in [2.45, 2.75) is 62.7 Å². The van der Waals surface area contributed by atoms with E-state index in [1.165, 1.54) is 12.5 Å². The summed E-state index contributed by atoms with van der Waals surface area (Å²) >= 11 is 0. The van der Waals surface area contributed by atoms with Gasteiger partial charge >= 0.3 is 5.97 Å². The summed E-state index contributed by atoms with van der Waals surface area (Å²) in [6.07, 6.45) is 1.89. The summed E-state index contributed by atoms with van der Waals surface area (Å²) in [5.74, 6) is -6.03. The third kappa shape index (κ3) is 12.9. The molecule has 4 atom stereocenters. The van der Waals surface area contributed by atoms with Crippen LogP contribution >= 0.6 is 0 Å². The summed E-state index contributed by atoms with van der Waals surface area (Å²) in [7, 11) is 0. The maximum absolute atomic E-state index is 13.1. The molecule has 15 N–H and O–H groups in total. The summed E-state index contributed by atoms with van der Waals surface area (Å²) < 4.78 is 0. The highest BCUT2D eigenvalue weighted by Crippen LogP contribution is 2.06. The molecule has 0 spiro atoms. The maximum Gasteiger partial charge on any atom is 0.326 e. The standard InChI is InChI=1S/C21H35N11O7/c22-11(6-10-8-27-9-29-10)17(35)30-12(2-1-5-28-21(25)26)18(36)31-13(3-4-15(23)33)19(37)32-14(20(38)39)7-16(24)34/h8-9,11-14H,1-7,22H2,(H2,23,33)(H2,24,34)(H,27,29)(H,30,35)(H,31,36)(H,32,37)(H,38,39)(H4,25,26,28). The number of carbonyl (C=O) groups is 6. The summed E-state index contributed by atoms with van der Waals surface area (Å²) in [6, 6.07) is -5.41. The van der Waals surface area contributed by atoms with Gasteiger partial charge in [-0.2, -0.15) is 0 Å². The monoisotopic (exact) mass is 553 g/mol. The fraction of sp³-hybridized carbons (Fsp3) is 0.524. The summed E-state index contributed by atoms with van der Waals surface area (Å²) in [5.41, 5.74) is 27.3. The SMILES string of the molecule is NC(=O)CCC(NC(=O)C(CCCN=C(N)N)NC(=O)C(N)Cc1cnc[nH]1)C(=O)NC(CC(N)=O)C(=O)O. The lowest BCUT2D eigenvalue weighted by atomic mass is 10.1. The number of aromatic amines is 1. The van der Waals surface area contributed by atoms with Gasteiger partial charge in [0.15, 0.2) is 5.96 Å². The van der Waals surface area contributed by atoms with E-state index in [1.54, 1.807) is 0 Å². The number of aromatic nitrogens is 2. The molecule has 0 saturated heterocycles. The van der Waals surface area contributed by atoms with Gasteiger partial charge in [-0.05, 0) is 19.3 Å². The first-order valence-electron chi connectivity index (χ1n) is 11.8. The number of carboxylic acids is 1. The van der Waals surface area contributed by atoms with Gasteiger partial charge in [-0.25, -0.2) is 9.78 Å². The predicted molar refractivity (Wildman–Crippen MR) is 136 cm³/mol. The van der Waals surface area contributed by atoms with E-state index >= 15 is 0 Å². The molecule has 18 heteroatoms. The highest BCUT2D eigenvalue weighted by molar-refractivity contribution is 5.95. The molecule has 0 radical (unpaired) electrons. The number of nitrogens with one attached hydrogen (secondary N) is 4. The average Bonchev–Trinajstić information content (AvgIpc) is 3.35. The quantitative estimate of drug-likeness (QED) is 0.0466. The lowest BCUT2D eigenvalue weighted by Gasteiger charge is -2.25. The van der Waals surface area contributed by atoms with Crippen LogP contribution in [0, 0.1) is 0 Å². The number of guanidine groups is 1. The Labute approximate surface area is 222 Å². The number of hydrogen-bond donors (Lipinski definition) is 10. The molecule has 0 fully saturated rings. The zero-order chi connectivity index (χ0) is 29.5. The average molecular weight is 554 g/mol. The molecule has 18 nitrogen and oxygen atoms in total. The van der Waals surface area contributed by atoms with Crippen LogP contribution in [0.1, 0.15) is 37.8 Å². The molecular weight excluding hydrogens is 518 g/mol. The Hall–Kier alpha value is -4.74. The van der Waals surface area contributed by atoms with Crippen LogP contribution in [0.3, 0.4) is 0 Å². The van der Waals surface area contributed by atoms with Crippen molar-refractivity contribution in [2.75, 3.05) is 6.54 Å². The van der Waals surface area contributed by atoms with Crippen LogP contribution in [0.25, 0.3) is 0 Å². The number of aliphatic carboxylic acids is 1. The number of rotatable bonds is 18. The Morgan fingerprint density at radius 3 is 2.00 bits per heavy atom. The molecule has 5 amide bonds. The number of H-pyrrole nitrogens is 1. The molecule has 0 saturated carbocycles. The Kier molecular flexibility index (Phi) is 13.4. The molecule has 1 aromatic heterocycles. The van der Waals surface area contributed by atoms with Crippen LogP contribution in [0.4, 0.5) is 0 Å². The van der Waals surface area contributed by atoms with Crippen LogP contribution in [0.2, 0.25) is 0 Å². The van der Waals surface area contributed by atoms with Crippen molar-refractivity contribution >= 4 is 41.5 Å². The van der Waals surface area contributed by atoms with Gasteiger partial charge in [0.1, 0.15) is 18.1 Å². The Morgan fingerprint density at radius 2 is 1.49 bits per heavy atom. The van der Waals surface area contributed by atoms with E-state index in [0.717, 1.165) is 0 Å². The Morgan fingerprint density at radius 1 is 0.897 bits per heavy atom. The molecular formula is C21H35N11O7. The summed E-state index contributed by atoms with van der Waals surface area (Å²) in [6.45, 7) is 0.126. The van der Waals surface area contributed by atoms with Gasteiger partial charge in [-0.15, -0.1) is 0 Å². The molecule has 1 rings (SSSR count). The van der Waals surface area contributed by atoms with Gasteiger partial charge in [0.05, 0.1) is 18.8 Å². The first kappa shape index (κ1) is 32.3. The molecule has 0 aromatic carbocycles. The minimum atomic E-state index is -1.68. The van der Waals surface area contributed by atoms with Crippen molar-refractivity contribution in [3.8, 4) is 0 Å². The van der Waals surface area contributed by atoms with Crippen molar-refractivity contribution in [1.29, 1.82) is 0 Å². The van der Waals surface area contributed by atoms with Gasteiger partial charge in [-0.3, -0.25) is 29.0 Å². The fourth-order valence-corrected chi connectivity index (χ4v) is 3.28. The molecule has 0 aliphatic carbocycles. The van der Waals surface area contributed by atoms with Crippen molar-refractivity contribution in [3.63, 3.8) is 0 Å².